The number of piperidine rings is 1. The summed E-state index contributed by atoms with van der Waals surface area (Å²) in [4.78, 5) is 13.8. The fourth-order valence-electron chi connectivity index (χ4n) is 2.55. The molecular weight excluding hydrogens is 376 g/mol. The number of sulfonamides is 1. The summed E-state index contributed by atoms with van der Waals surface area (Å²) in [5, 5.41) is 1.75. The molecule has 1 N–H and O–H groups in total. The molecule has 0 spiro atoms. The molecule has 0 radical (unpaired) electrons. The summed E-state index contributed by atoms with van der Waals surface area (Å²) in [5.41, 5.74) is 0. The van der Waals surface area contributed by atoms with Crippen LogP contribution in [0.3, 0.4) is 0 Å². The van der Waals surface area contributed by atoms with Crippen LogP contribution in [0.25, 0.3) is 0 Å². The summed E-state index contributed by atoms with van der Waals surface area (Å²) >= 11 is 4.46. The molecule has 1 aliphatic heterocycles. The molecule has 1 aliphatic carbocycles. The highest BCUT2D eigenvalue weighted by atomic mass is 79.9. The summed E-state index contributed by atoms with van der Waals surface area (Å²) in [6.07, 6.45) is 3.39. The van der Waals surface area contributed by atoms with Crippen molar-refractivity contribution in [1.29, 1.82) is 0 Å². The number of carbonyl (C=O) groups is 1. The first-order valence-electron chi connectivity index (χ1n) is 7.01. The van der Waals surface area contributed by atoms with Crippen molar-refractivity contribution >= 4 is 43.2 Å². The zero-order valence-electron chi connectivity index (χ0n) is 11.4. The van der Waals surface area contributed by atoms with Gasteiger partial charge in [0.05, 0.1) is 0 Å². The number of likely N-dealkylation sites (tertiary alicyclic amines) is 1. The normalized spacial score (nSPS) is 20.7. The lowest BCUT2D eigenvalue weighted by molar-refractivity contribution is -0.133. The van der Waals surface area contributed by atoms with E-state index in [0.717, 1.165) is 12.8 Å². The van der Waals surface area contributed by atoms with Gasteiger partial charge in [0.15, 0.2) is 0 Å². The van der Waals surface area contributed by atoms with Crippen molar-refractivity contribution in [3.05, 3.63) is 15.9 Å². The SMILES string of the molecule is O=C(C1CC1)N1CCC(NS(=O)(=O)c2sccc2Br)CC1. The lowest BCUT2D eigenvalue weighted by Gasteiger charge is -2.32. The number of carbonyl (C=O) groups excluding carboxylic acids is 1. The molecule has 5 nitrogen and oxygen atoms in total. The molecule has 21 heavy (non-hydrogen) atoms. The number of thiophene rings is 1. The van der Waals surface area contributed by atoms with Gasteiger partial charge in [-0.2, -0.15) is 0 Å². The van der Waals surface area contributed by atoms with Crippen molar-refractivity contribution < 1.29 is 13.2 Å². The lowest BCUT2D eigenvalue weighted by atomic mass is 10.1. The van der Waals surface area contributed by atoms with Crippen LogP contribution < -0.4 is 4.72 Å². The second-order valence-corrected chi connectivity index (χ2v) is 9.23. The van der Waals surface area contributed by atoms with Crippen molar-refractivity contribution in [3.63, 3.8) is 0 Å². The predicted octanol–water partition coefficient (Wildman–Crippen LogP) is 2.19. The van der Waals surface area contributed by atoms with Gasteiger partial charge in [0.2, 0.25) is 5.91 Å². The van der Waals surface area contributed by atoms with E-state index in [1.54, 1.807) is 11.4 Å². The highest BCUT2D eigenvalue weighted by molar-refractivity contribution is 9.10. The molecule has 2 fully saturated rings. The Morgan fingerprint density at radius 3 is 2.48 bits per heavy atom. The molecule has 1 aromatic heterocycles. The van der Waals surface area contributed by atoms with Gasteiger partial charge >= 0.3 is 0 Å². The fraction of sp³-hybridized carbons (Fsp3) is 0.615. The standard InChI is InChI=1S/C13H17BrN2O3S2/c14-11-5-8-20-13(11)21(18,19)15-10-3-6-16(7-4-10)12(17)9-1-2-9/h5,8-10,15H,1-4,6-7H2. The van der Waals surface area contributed by atoms with Crippen LogP contribution in [0, 0.1) is 5.92 Å². The fourth-order valence-corrected chi connectivity index (χ4v) is 6.21. The van der Waals surface area contributed by atoms with Crippen molar-refractivity contribution in [2.75, 3.05) is 13.1 Å². The molecule has 0 bridgehead atoms. The van der Waals surface area contributed by atoms with E-state index in [1.165, 1.54) is 11.3 Å². The maximum Gasteiger partial charge on any atom is 0.251 e. The highest BCUT2D eigenvalue weighted by Gasteiger charge is 2.35. The molecule has 3 rings (SSSR count). The van der Waals surface area contributed by atoms with Crippen molar-refractivity contribution in [3.8, 4) is 0 Å². The van der Waals surface area contributed by atoms with E-state index in [1.807, 2.05) is 4.90 Å². The Morgan fingerprint density at radius 1 is 1.29 bits per heavy atom. The van der Waals surface area contributed by atoms with E-state index >= 15 is 0 Å². The van der Waals surface area contributed by atoms with E-state index < -0.39 is 10.0 Å². The molecule has 0 aromatic carbocycles. The van der Waals surface area contributed by atoms with E-state index in [0.29, 0.717) is 34.6 Å². The number of rotatable bonds is 4. The van der Waals surface area contributed by atoms with E-state index in [2.05, 4.69) is 20.7 Å². The van der Waals surface area contributed by atoms with Crippen molar-refractivity contribution in [1.82, 2.24) is 9.62 Å². The third-order valence-electron chi connectivity index (χ3n) is 3.88. The minimum Gasteiger partial charge on any atom is -0.342 e. The quantitative estimate of drug-likeness (QED) is 0.853. The van der Waals surface area contributed by atoms with Gasteiger partial charge in [0.25, 0.3) is 10.0 Å². The van der Waals surface area contributed by atoms with Gasteiger partial charge in [-0.1, -0.05) is 0 Å². The van der Waals surface area contributed by atoms with Gasteiger partial charge in [-0.05, 0) is 53.1 Å². The zero-order valence-corrected chi connectivity index (χ0v) is 14.6. The molecule has 1 amide bonds. The molecule has 0 unspecified atom stereocenters. The Labute approximate surface area is 136 Å². The molecule has 8 heteroatoms. The Bertz CT molecular complexity index is 632. The number of hydrogen-bond acceptors (Lipinski definition) is 4. The zero-order chi connectivity index (χ0) is 15.0. The van der Waals surface area contributed by atoms with E-state index in [-0.39, 0.29) is 17.9 Å². The van der Waals surface area contributed by atoms with Crippen LogP contribution in [0.5, 0.6) is 0 Å². The number of halogens is 1. The monoisotopic (exact) mass is 392 g/mol. The Hall–Kier alpha value is -0.440. The Balaban J connectivity index is 1.58. The minimum absolute atomic E-state index is 0.0905. The van der Waals surface area contributed by atoms with Gasteiger partial charge in [-0.3, -0.25) is 4.79 Å². The summed E-state index contributed by atoms with van der Waals surface area (Å²) in [6.45, 7) is 1.29. The molecule has 1 saturated carbocycles. The summed E-state index contributed by atoms with van der Waals surface area (Å²) < 4.78 is 28.3. The van der Waals surface area contributed by atoms with Gasteiger partial charge < -0.3 is 4.90 Å². The van der Waals surface area contributed by atoms with Crippen LogP contribution in [-0.2, 0) is 14.8 Å². The largest absolute Gasteiger partial charge is 0.342 e. The van der Waals surface area contributed by atoms with Crippen LogP contribution >= 0.6 is 27.3 Å². The van der Waals surface area contributed by atoms with Gasteiger partial charge in [-0.25, -0.2) is 13.1 Å². The topological polar surface area (TPSA) is 66.5 Å². The predicted molar refractivity (Wildman–Crippen MR) is 84.7 cm³/mol. The van der Waals surface area contributed by atoms with Crippen LogP contribution in [0.15, 0.2) is 20.1 Å². The third-order valence-corrected chi connectivity index (χ3v) is 8.07. The number of hydrogen-bond donors (Lipinski definition) is 1. The molecule has 1 saturated heterocycles. The van der Waals surface area contributed by atoms with Crippen LogP contribution in [0.2, 0.25) is 0 Å². The summed E-state index contributed by atoms with van der Waals surface area (Å²) in [5.74, 6) is 0.484. The summed E-state index contributed by atoms with van der Waals surface area (Å²) in [7, 11) is -3.47. The van der Waals surface area contributed by atoms with Gasteiger partial charge in [-0.15, -0.1) is 11.3 Å². The van der Waals surface area contributed by atoms with Crippen LogP contribution in [-0.4, -0.2) is 38.4 Å². The van der Waals surface area contributed by atoms with Crippen LogP contribution in [0.1, 0.15) is 25.7 Å². The first kappa shape index (κ1) is 15.5. The second kappa shape index (κ2) is 5.98. The van der Waals surface area contributed by atoms with Crippen molar-refractivity contribution in [2.45, 2.75) is 35.9 Å². The second-order valence-electron chi connectivity index (χ2n) is 5.55. The average Bonchev–Trinajstić information content (AvgIpc) is 3.20. The minimum atomic E-state index is -3.47. The Morgan fingerprint density at radius 2 is 1.95 bits per heavy atom. The average molecular weight is 393 g/mol. The van der Waals surface area contributed by atoms with E-state index in [4.69, 9.17) is 0 Å². The molecule has 0 atom stereocenters. The van der Waals surface area contributed by atoms with Gasteiger partial charge in [0, 0.05) is 29.5 Å². The highest BCUT2D eigenvalue weighted by Crippen LogP contribution is 2.32. The number of nitrogens with zero attached hydrogens (tertiary/aromatic N) is 1. The maximum absolute atomic E-state index is 12.3. The smallest absolute Gasteiger partial charge is 0.251 e. The van der Waals surface area contributed by atoms with Crippen LogP contribution in [0.4, 0.5) is 0 Å². The number of nitrogens with one attached hydrogen (secondary N) is 1. The first-order chi connectivity index (χ1) is 9.97. The first-order valence-corrected chi connectivity index (χ1v) is 10.2. The third kappa shape index (κ3) is 3.49. The van der Waals surface area contributed by atoms with E-state index in [9.17, 15) is 13.2 Å². The molecule has 1 aromatic rings. The number of amides is 1. The maximum atomic E-state index is 12.3. The van der Waals surface area contributed by atoms with Gasteiger partial charge in [0.1, 0.15) is 4.21 Å². The Kier molecular flexibility index (Phi) is 4.40. The van der Waals surface area contributed by atoms with Crippen molar-refractivity contribution in [2.24, 2.45) is 5.92 Å². The lowest BCUT2D eigenvalue weighted by Crippen LogP contribution is -2.46. The summed E-state index contributed by atoms with van der Waals surface area (Å²) in [6, 6.07) is 1.64. The molecule has 116 valence electrons. The molecule has 2 aliphatic rings. The molecule has 2 heterocycles. The molecular formula is C13H17BrN2O3S2.